The van der Waals surface area contributed by atoms with Gasteiger partial charge >= 0.3 is 6.03 Å². The first-order chi connectivity index (χ1) is 10.4. The maximum atomic E-state index is 11.9. The molecule has 0 unspecified atom stereocenters. The molecule has 0 aliphatic rings. The van der Waals surface area contributed by atoms with Gasteiger partial charge in [-0.25, -0.2) is 4.79 Å². The van der Waals surface area contributed by atoms with Crippen LogP contribution in [0.1, 0.15) is 53.4 Å². The van der Waals surface area contributed by atoms with Gasteiger partial charge in [-0.15, -0.1) is 0 Å². The van der Waals surface area contributed by atoms with Gasteiger partial charge in [-0.3, -0.25) is 4.68 Å². The summed E-state index contributed by atoms with van der Waals surface area (Å²) < 4.78 is 1.81. The van der Waals surface area contributed by atoms with Crippen molar-refractivity contribution in [2.75, 3.05) is 11.9 Å². The molecule has 22 heavy (non-hydrogen) atoms. The highest BCUT2D eigenvalue weighted by atomic mass is 16.3. The average molecular weight is 310 g/mol. The molecule has 1 aromatic rings. The van der Waals surface area contributed by atoms with E-state index in [1.165, 1.54) is 0 Å². The van der Waals surface area contributed by atoms with Crippen molar-refractivity contribution >= 4 is 11.7 Å². The van der Waals surface area contributed by atoms with E-state index >= 15 is 0 Å². The standard InChI is InChI=1S/C16H30N4O2/c1-5-7-16(22,8-6-2)12-17-15(21)19-14-9-18-20(11-14)10-13(3)4/h9,11,13,22H,5-8,10,12H2,1-4H3,(H2,17,19,21). The van der Waals surface area contributed by atoms with E-state index in [4.69, 9.17) is 0 Å². The molecule has 126 valence electrons. The maximum Gasteiger partial charge on any atom is 0.319 e. The molecule has 0 atom stereocenters. The second kappa shape index (κ2) is 8.78. The van der Waals surface area contributed by atoms with E-state index in [-0.39, 0.29) is 12.6 Å². The number of carbonyl (C=O) groups is 1. The van der Waals surface area contributed by atoms with Crippen LogP contribution in [-0.4, -0.2) is 33.1 Å². The van der Waals surface area contributed by atoms with Crippen LogP contribution in [0.3, 0.4) is 0 Å². The Morgan fingerprint density at radius 1 is 1.36 bits per heavy atom. The van der Waals surface area contributed by atoms with Crippen LogP contribution in [-0.2, 0) is 6.54 Å². The molecule has 0 aliphatic carbocycles. The van der Waals surface area contributed by atoms with Crippen molar-refractivity contribution in [1.29, 1.82) is 0 Å². The van der Waals surface area contributed by atoms with Gasteiger partial charge in [0.05, 0.1) is 17.5 Å². The summed E-state index contributed by atoms with van der Waals surface area (Å²) >= 11 is 0. The lowest BCUT2D eigenvalue weighted by atomic mass is 9.93. The highest BCUT2D eigenvalue weighted by molar-refractivity contribution is 5.88. The minimum absolute atomic E-state index is 0.265. The van der Waals surface area contributed by atoms with Gasteiger partial charge < -0.3 is 15.7 Å². The van der Waals surface area contributed by atoms with Crippen molar-refractivity contribution in [3.05, 3.63) is 12.4 Å². The molecule has 0 bridgehead atoms. The summed E-state index contributed by atoms with van der Waals surface area (Å²) in [5.41, 5.74) is -0.157. The summed E-state index contributed by atoms with van der Waals surface area (Å²) in [6.45, 7) is 9.37. The lowest BCUT2D eigenvalue weighted by Gasteiger charge is -2.27. The number of rotatable bonds is 9. The number of hydrogen-bond acceptors (Lipinski definition) is 3. The van der Waals surface area contributed by atoms with Crippen molar-refractivity contribution < 1.29 is 9.90 Å². The first-order valence-corrected chi connectivity index (χ1v) is 8.18. The predicted molar refractivity (Wildman–Crippen MR) is 88.9 cm³/mol. The Hall–Kier alpha value is -1.56. The maximum absolute atomic E-state index is 11.9. The number of carbonyl (C=O) groups excluding carboxylic acids is 1. The first-order valence-electron chi connectivity index (χ1n) is 8.18. The third kappa shape index (κ3) is 6.47. The zero-order valence-electron chi connectivity index (χ0n) is 14.2. The molecule has 6 heteroatoms. The van der Waals surface area contributed by atoms with Gasteiger partial charge in [0.15, 0.2) is 0 Å². The monoisotopic (exact) mass is 310 g/mol. The Morgan fingerprint density at radius 2 is 2.00 bits per heavy atom. The largest absolute Gasteiger partial charge is 0.388 e. The lowest BCUT2D eigenvalue weighted by Crippen LogP contribution is -2.44. The molecule has 1 heterocycles. The van der Waals surface area contributed by atoms with Crippen molar-refractivity contribution in [3.8, 4) is 0 Å². The van der Waals surface area contributed by atoms with E-state index in [0.717, 1.165) is 19.4 Å². The number of urea groups is 1. The summed E-state index contributed by atoms with van der Waals surface area (Å²) in [5, 5.41) is 20.2. The van der Waals surface area contributed by atoms with E-state index in [1.54, 1.807) is 6.20 Å². The van der Waals surface area contributed by atoms with E-state index in [2.05, 4.69) is 29.6 Å². The second-order valence-electron chi connectivity index (χ2n) is 6.38. The molecule has 3 N–H and O–H groups in total. The Kier molecular flexibility index (Phi) is 7.38. The molecule has 0 aliphatic heterocycles. The van der Waals surface area contributed by atoms with Crippen LogP contribution >= 0.6 is 0 Å². The van der Waals surface area contributed by atoms with Gasteiger partial charge in [0.2, 0.25) is 0 Å². The third-order valence-electron chi connectivity index (χ3n) is 3.45. The highest BCUT2D eigenvalue weighted by Crippen LogP contribution is 2.18. The molecule has 0 radical (unpaired) electrons. The minimum Gasteiger partial charge on any atom is -0.388 e. The Labute approximate surface area is 133 Å². The fourth-order valence-corrected chi connectivity index (χ4v) is 2.55. The molecule has 0 aromatic carbocycles. The molecule has 0 saturated heterocycles. The normalized spacial score (nSPS) is 11.7. The topological polar surface area (TPSA) is 79.2 Å². The Balaban J connectivity index is 2.46. The first kappa shape index (κ1) is 18.5. The zero-order chi connectivity index (χ0) is 16.6. The second-order valence-corrected chi connectivity index (χ2v) is 6.38. The number of hydrogen-bond donors (Lipinski definition) is 3. The number of aromatic nitrogens is 2. The van der Waals surface area contributed by atoms with Gasteiger partial charge in [0.1, 0.15) is 0 Å². The molecule has 0 spiro atoms. The predicted octanol–water partition coefficient (Wildman–Crippen LogP) is 2.99. The summed E-state index contributed by atoms with van der Waals surface area (Å²) in [5.74, 6) is 0.500. The highest BCUT2D eigenvalue weighted by Gasteiger charge is 2.25. The van der Waals surface area contributed by atoms with Crippen molar-refractivity contribution in [2.24, 2.45) is 5.92 Å². The number of nitrogens with zero attached hydrogens (tertiary/aromatic N) is 2. The van der Waals surface area contributed by atoms with Crippen molar-refractivity contribution in [1.82, 2.24) is 15.1 Å². The molecule has 0 saturated carbocycles. The van der Waals surface area contributed by atoms with E-state index in [9.17, 15) is 9.90 Å². The molecule has 1 rings (SSSR count). The van der Waals surface area contributed by atoms with Gasteiger partial charge in [-0.2, -0.15) is 5.10 Å². The summed E-state index contributed by atoms with van der Waals surface area (Å²) in [7, 11) is 0. The summed E-state index contributed by atoms with van der Waals surface area (Å²) in [6.07, 6.45) is 6.60. The molecule has 6 nitrogen and oxygen atoms in total. The molecular weight excluding hydrogens is 280 g/mol. The fraction of sp³-hybridized carbons (Fsp3) is 0.750. The van der Waals surface area contributed by atoms with Gasteiger partial charge in [-0.1, -0.05) is 40.5 Å². The minimum atomic E-state index is -0.817. The summed E-state index contributed by atoms with van der Waals surface area (Å²) in [4.78, 5) is 11.9. The fourth-order valence-electron chi connectivity index (χ4n) is 2.55. The van der Waals surface area contributed by atoms with Crippen LogP contribution in [0.4, 0.5) is 10.5 Å². The van der Waals surface area contributed by atoms with Gasteiger partial charge in [0, 0.05) is 19.3 Å². The van der Waals surface area contributed by atoms with E-state index in [0.29, 0.717) is 24.4 Å². The molecular formula is C16H30N4O2. The SMILES string of the molecule is CCCC(O)(CCC)CNC(=O)Nc1cnn(CC(C)C)c1. The van der Waals surface area contributed by atoms with Gasteiger partial charge in [0.25, 0.3) is 0 Å². The number of aliphatic hydroxyl groups is 1. The average Bonchev–Trinajstić information content (AvgIpc) is 2.83. The smallest absolute Gasteiger partial charge is 0.319 e. The van der Waals surface area contributed by atoms with Crippen LogP contribution in [0.15, 0.2) is 12.4 Å². The van der Waals surface area contributed by atoms with Crippen LogP contribution in [0.25, 0.3) is 0 Å². The van der Waals surface area contributed by atoms with Crippen LogP contribution in [0, 0.1) is 5.92 Å². The quantitative estimate of drug-likeness (QED) is 0.656. The van der Waals surface area contributed by atoms with E-state index < -0.39 is 5.60 Å². The molecule has 2 amide bonds. The van der Waals surface area contributed by atoms with Crippen LogP contribution in [0.5, 0.6) is 0 Å². The Morgan fingerprint density at radius 3 is 2.55 bits per heavy atom. The third-order valence-corrected chi connectivity index (χ3v) is 3.45. The van der Waals surface area contributed by atoms with Crippen molar-refractivity contribution in [2.45, 2.75) is 65.5 Å². The lowest BCUT2D eigenvalue weighted by molar-refractivity contribution is 0.0245. The van der Waals surface area contributed by atoms with Crippen LogP contribution < -0.4 is 10.6 Å². The van der Waals surface area contributed by atoms with Crippen molar-refractivity contribution in [3.63, 3.8) is 0 Å². The van der Waals surface area contributed by atoms with Gasteiger partial charge in [-0.05, 0) is 18.8 Å². The Bertz CT molecular complexity index is 451. The summed E-state index contributed by atoms with van der Waals surface area (Å²) in [6, 6.07) is -0.310. The number of nitrogens with one attached hydrogen (secondary N) is 2. The number of anilines is 1. The van der Waals surface area contributed by atoms with E-state index in [1.807, 2.05) is 24.7 Å². The van der Waals surface area contributed by atoms with Crippen LogP contribution in [0.2, 0.25) is 0 Å². The molecule has 1 aromatic heterocycles. The molecule has 0 fully saturated rings. The number of amides is 2. The zero-order valence-corrected chi connectivity index (χ0v) is 14.2.